The van der Waals surface area contributed by atoms with Crippen LogP contribution in [0.3, 0.4) is 0 Å². The topological polar surface area (TPSA) is 59.0 Å². The number of hydrogen-bond acceptors (Lipinski definition) is 4. The Bertz CT molecular complexity index is 475. The minimum absolute atomic E-state index is 0.0301. The van der Waals surface area contributed by atoms with Crippen LogP contribution >= 0.6 is 0 Å². The maximum atomic E-state index is 12.3. The quantitative estimate of drug-likeness (QED) is 0.902. The number of carbonyl (C=O) groups excluding carboxylic acids is 1. The summed E-state index contributed by atoms with van der Waals surface area (Å²) in [5, 5.41) is 9.72. The lowest BCUT2D eigenvalue weighted by molar-refractivity contribution is 0.0574. The van der Waals surface area contributed by atoms with Crippen molar-refractivity contribution in [2.45, 2.75) is 25.5 Å². The van der Waals surface area contributed by atoms with Crippen LogP contribution in [0.1, 0.15) is 23.7 Å². The Morgan fingerprint density at radius 3 is 2.79 bits per heavy atom. The molecule has 2 unspecified atom stereocenters. The van der Waals surface area contributed by atoms with Gasteiger partial charge in [0.15, 0.2) is 11.5 Å². The van der Waals surface area contributed by atoms with Crippen molar-refractivity contribution in [1.29, 1.82) is 0 Å². The zero-order valence-corrected chi connectivity index (χ0v) is 11.4. The SMILES string of the molecule is COc1ccc(C(=O)N(C)C2CCOC2C)cc1O. The average Bonchev–Trinajstić information content (AvgIpc) is 2.83. The summed E-state index contributed by atoms with van der Waals surface area (Å²) in [6.07, 6.45) is 0.881. The molecule has 0 radical (unpaired) electrons. The lowest BCUT2D eigenvalue weighted by atomic mass is 10.1. The van der Waals surface area contributed by atoms with Gasteiger partial charge in [0.1, 0.15) is 0 Å². The molecule has 0 spiro atoms. The van der Waals surface area contributed by atoms with Crippen molar-refractivity contribution in [3.8, 4) is 11.5 Å². The summed E-state index contributed by atoms with van der Waals surface area (Å²) < 4.78 is 10.4. The monoisotopic (exact) mass is 265 g/mol. The van der Waals surface area contributed by atoms with E-state index in [1.807, 2.05) is 6.92 Å². The third-order valence-corrected chi connectivity index (χ3v) is 3.58. The molecule has 5 heteroatoms. The molecule has 1 aromatic rings. The van der Waals surface area contributed by atoms with Crippen molar-refractivity contribution < 1.29 is 19.4 Å². The van der Waals surface area contributed by atoms with Gasteiger partial charge in [0.05, 0.1) is 19.3 Å². The predicted octanol–water partition coefficient (Wildman–Crippen LogP) is 1.65. The summed E-state index contributed by atoms with van der Waals surface area (Å²) in [7, 11) is 3.24. The van der Waals surface area contributed by atoms with Crippen molar-refractivity contribution in [3.05, 3.63) is 23.8 Å². The van der Waals surface area contributed by atoms with Crippen LogP contribution in [0.15, 0.2) is 18.2 Å². The van der Waals surface area contributed by atoms with Crippen LogP contribution in [0, 0.1) is 0 Å². The molecule has 1 aromatic carbocycles. The lowest BCUT2D eigenvalue weighted by Crippen LogP contribution is -2.40. The second kappa shape index (κ2) is 5.48. The van der Waals surface area contributed by atoms with Crippen molar-refractivity contribution >= 4 is 5.91 Å². The van der Waals surface area contributed by atoms with Gasteiger partial charge in [-0.15, -0.1) is 0 Å². The summed E-state index contributed by atoms with van der Waals surface area (Å²) in [4.78, 5) is 14.0. The number of phenols is 1. The number of hydrogen-bond donors (Lipinski definition) is 1. The van der Waals surface area contributed by atoms with E-state index in [4.69, 9.17) is 9.47 Å². The van der Waals surface area contributed by atoms with Crippen molar-refractivity contribution in [3.63, 3.8) is 0 Å². The van der Waals surface area contributed by atoms with E-state index in [-0.39, 0.29) is 23.8 Å². The number of benzene rings is 1. The highest BCUT2D eigenvalue weighted by Gasteiger charge is 2.31. The molecule has 19 heavy (non-hydrogen) atoms. The van der Waals surface area contributed by atoms with Gasteiger partial charge in [-0.1, -0.05) is 0 Å². The number of phenolic OH excluding ortho intramolecular Hbond substituents is 1. The van der Waals surface area contributed by atoms with E-state index < -0.39 is 0 Å². The molecular weight excluding hydrogens is 246 g/mol. The van der Waals surface area contributed by atoms with Gasteiger partial charge in [-0.2, -0.15) is 0 Å². The maximum Gasteiger partial charge on any atom is 0.254 e. The van der Waals surface area contributed by atoms with Gasteiger partial charge in [-0.3, -0.25) is 4.79 Å². The third-order valence-electron chi connectivity index (χ3n) is 3.58. The number of nitrogens with zero attached hydrogens (tertiary/aromatic N) is 1. The van der Waals surface area contributed by atoms with E-state index >= 15 is 0 Å². The number of amides is 1. The number of methoxy groups -OCH3 is 1. The fourth-order valence-electron chi connectivity index (χ4n) is 2.41. The van der Waals surface area contributed by atoms with E-state index in [1.54, 1.807) is 24.1 Å². The van der Waals surface area contributed by atoms with Crippen molar-refractivity contribution in [1.82, 2.24) is 4.90 Å². The molecule has 2 rings (SSSR count). The number of ether oxygens (including phenoxy) is 2. The summed E-state index contributed by atoms with van der Waals surface area (Å²) >= 11 is 0. The van der Waals surface area contributed by atoms with Crippen LogP contribution < -0.4 is 4.74 Å². The van der Waals surface area contributed by atoms with Crippen LogP contribution in [0.25, 0.3) is 0 Å². The second-order valence-corrected chi connectivity index (χ2v) is 4.73. The molecule has 104 valence electrons. The fourth-order valence-corrected chi connectivity index (χ4v) is 2.41. The van der Waals surface area contributed by atoms with E-state index in [9.17, 15) is 9.90 Å². The summed E-state index contributed by atoms with van der Waals surface area (Å²) in [5.41, 5.74) is 0.444. The zero-order valence-electron chi connectivity index (χ0n) is 11.4. The second-order valence-electron chi connectivity index (χ2n) is 4.73. The van der Waals surface area contributed by atoms with Gasteiger partial charge in [0, 0.05) is 19.2 Å². The molecule has 1 aliphatic heterocycles. The van der Waals surface area contributed by atoms with E-state index in [2.05, 4.69) is 0 Å². The van der Waals surface area contributed by atoms with Gasteiger partial charge >= 0.3 is 0 Å². The zero-order chi connectivity index (χ0) is 14.0. The third kappa shape index (κ3) is 2.66. The number of likely N-dealkylation sites (N-methyl/N-ethyl adjacent to an activating group) is 1. The minimum Gasteiger partial charge on any atom is -0.504 e. The molecule has 1 fully saturated rings. The Morgan fingerprint density at radius 1 is 1.53 bits per heavy atom. The molecular formula is C14H19NO4. The molecule has 0 aromatic heterocycles. The van der Waals surface area contributed by atoms with Crippen LogP contribution in [0.5, 0.6) is 11.5 Å². The highest BCUT2D eigenvalue weighted by Crippen LogP contribution is 2.27. The van der Waals surface area contributed by atoms with Gasteiger partial charge in [-0.05, 0) is 31.5 Å². The molecule has 2 atom stereocenters. The number of carbonyl (C=O) groups is 1. The molecule has 1 amide bonds. The van der Waals surface area contributed by atoms with Crippen molar-refractivity contribution in [2.24, 2.45) is 0 Å². The first-order valence-corrected chi connectivity index (χ1v) is 6.30. The standard InChI is InChI=1S/C14H19NO4/c1-9-11(6-7-19-9)15(2)14(17)10-4-5-13(18-3)12(16)8-10/h4-5,8-9,11,16H,6-7H2,1-3H3. The van der Waals surface area contributed by atoms with E-state index in [1.165, 1.54) is 13.2 Å². The van der Waals surface area contributed by atoms with Gasteiger partial charge < -0.3 is 19.5 Å². The normalized spacial score (nSPS) is 22.3. The molecule has 1 aliphatic rings. The molecule has 1 N–H and O–H groups in total. The van der Waals surface area contributed by atoms with Gasteiger partial charge in [0.2, 0.25) is 0 Å². The van der Waals surface area contributed by atoms with Gasteiger partial charge in [0.25, 0.3) is 5.91 Å². The largest absolute Gasteiger partial charge is 0.504 e. The molecule has 0 bridgehead atoms. The van der Waals surface area contributed by atoms with E-state index in [0.29, 0.717) is 17.9 Å². The first-order chi connectivity index (χ1) is 9.04. The average molecular weight is 265 g/mol. The maximum absolute atomic E-state index is 12.3. The highest BCUT2D eigenvalue weighted by molar-refractivity contribution is 5.95. The summed E-state index contributed by atoms with van der Waals surface area (Å²) in [5.74, 6) is 0.203. The predicted molar refractivity (Wildman–Crippen MR) is 70.6 cm³/mol. The Kier molecular flexibility index (Phi) is 3.95. The molecule has 5 nitrogen and oxygen atoms in total. The first-order valence-electron chi connectivity index (χ1n) is 6.30. The lowest BCUT2D eigenvalue weighted by Gasteiger charge is -2.26. The van der Waals surface area contributed by atoms with Crippen molar-refractivity contribution in [2.75, 3.05) is 20.8 Å². The Hall–Kier alpha value is -1.75. The molecule has 1 saturated heterocycles. The molecule has 0 aliphatic carbocycles. The van der Waals surface area contributed by atoms with E-state index in [0.717, 1.165) is 6.42 Å². The number of rotatable bonds is 3. The minimum atomic E-state index is -0.125. The summed E-state index contributed by atoms with van der Waals surface area (Å²) in [6.45, 7) is 2.64. The fraction of sp³-hybridized carbons (Fsp3) is 0.500. The smallest absolute Gasteiger partial charge is 0.254 e. The Morgan fingerprint density at radius 2 is 2.26 bits per heavy atom. The van der Waals surface area contributed by atoms with Crippen LogP contribution in [-0.4, -0.2) is 48.8 Å². The van der Waals surface area contributed by atoms with Crippen LogP contribution in [0.2, 0.25) is 0 Å². The highest BCUT2D eigenvalue weighted by atomic mass is 16.5. The number of aromatic hydroxyl groups is 1. The van der Waals surface area contributed by atoms with Crippen LogP contribution in [-0.2, 0) is 4.74 Å². The Labute approximate surface area is 112 Å². The molecule has 0 saturated carbocycles. The molecule has 1 heterocycles. The summed E-state index contributed by atoms with van der Waals surface area (Å²) in [6, 6.07) is 4.75. The van der Waals surface area contributed by atoms with Gasteiger partial charge in [-0.25, -0.2) is 0 Å². The van der Waals surface area contributed by atoms with Crippen LogP contribution in [0.4, 0.5) is 0 Å². The first kappa shape index (κ1) is 13.7. The Balaban J connectivity index is 2.17.